The van der Waals surface area contributed by atoms with Crippen LogP contribution >= 0.6 is 0 Å². The average Bonchev–Trinajstić information content (AvgIpc) is 2.21. The second-order valence-corrected chi connectivity index (χ2v) is 5.18. The van der Waals surface area contributed by atoms with Crippen LogP contribution in [0.15, 0.2) is 0 Å². The summed E-state index contributed by atoms with van der Waals surface area (Å²) < 4.78 is 5.20. The second-order valence-electron chi connectivity index (χ2n) is 5.18. The summed E-state index contributed by atoms with van der Waals surface area (Å²) in [6.45, 7) is 8.62. The van der Waals surface area contributed by atoms with Gasteiger partial charge in [-0.2, -0.15) is 0 Å². The Hall–Kier alpha value is -0.120. The first-order chi connectivity index (χ1) is 7.07. The van der Waals surface area contributed by atoms with Gasteiger partial charge in [0.2, 0.25) is 0 Å². The predicted molar refractivity (Wildman–Crippen MR) is 63.9 cm³/mol. The van der Waals surface area contributed by atoms with E-state index in [-0.39, 0.29) is 5.54 Å². The lowest BCUT2D eigenvalue weighted by atomic mass is 9.94. The van der Waals surface area contributed by atoms with Crippen LogP contribution in [0.5, 0.6) is 0 Å². The number of ether oxygens (including phenoxy) is 1. The van der Waals surface area contributed by atoms with Crippen molar-refractivity contribution in [1.82, 2.24) is 4.90 Å². The minimum Gasteiger partial charge on any atom is -0.384 e. The van der Waals surface area contributed by atoms with E-state index in [1.165, 1.54) is 25.9 Å². The summed E-state index contributed by atoms with van der Waals surface area (Å²) in [6.07, 6.45) is 3.56. The van der Waals surface area contributed by atoms with Gasteiger partial charge in [-0.15, -0.1) is 0 Å². The van der Waals surface area contributed by atoms with E-state index in [9.17, 15) is 0 Å². The molecular formula is C12H26N2O. The Bertz CT molecular complexity index is 174. The van der Waals surface area contributed by atoms with Gasteiger partial charge in [-0.1, -0.05) is 6.92 Å². The molecule has 0 amide bonds. The van der Waals surface area contributed by atoms with E-state index in [1.807, 2.05) is 0 Å². The van der Waals surface area contributed by atoms with Gasteiger partial charge < -0.3 is 15.4 Å². The number of nitrogens with two attached hydrogens (primary N) is 1. The van der Waals surface area contributed by atoms with E-state index in [4.69, 9.17) is 10.5 Å². The maximum absolute atomic E-state index is 6.17. The lowest BCUT2D eigenvalue weighted by Gasteiger charge is -2.36. The van der Waals surface area contributed by atoms with E-state index in [0.717, 1.165) is 25.5 Å². The van der Waals surface area contributed by atoms with Crippen molar-refractivity contribution in [3.63, 3.8) is 0 Å². The molecule has 0 aromatic heterocycles. The molecule has 1 saturated heterocycles. The van der Waals surface area contributed by atoms with Crippen molar-refractivity contribution in [2.24, 2.45) is 11.7 Å². The fraction of sp³-hybridized carbons (Fsp3) is 1.00. The fourth-order valence-electron chi connectivity index (χ4n) is 2.17. The molecule has 1 fully saturated rings. The van der Waals surface area contributed by atoms with E-state index in [1.54, 1.807) is 7.11 Å². The molecule has 0 bridgehead atoms. The molecule has 0 aliphatic carbocycles. The van der Waals surface area contributed by atoms with Crippen molar-refractivity contribution in [3.8, 4) is 0 Å². The zero-order valence-electron chi connectivity index (χ0n) is 10.5. The Morgan fingerprint density at radius 1 is 1.40 bits per heavy atom. The Kier molecular flexibility index (Phi) is 5.03. The van der Waals surface area contributed by atoms with Crippen LogP contribution in [-0.2, 0) is 4.74 Å². The molecule has 0 radical (unpaired) electrons. The number of rotatable bonds is 5. The van der Waals surface area contributed by atoms with Gasteiger partial charge in [0.25, 0.3) is 0 Å². The smallest absolute Gasteiger partial charge is 0.0491 e. The van der Waals surface area contributed by atoms with Crippen LogP contribution in [0.1, 0.15) is 33.1 Å². The van der Waals surface area contributed by atoms with Crippen LogP contribution in [0.25, 0.3) is 0 Å². The molecule has 2 N–H and O–H groups in total. The van der Waals surface area contributed by atoms with Crippen molar-refractivity contribution >= 4 is 0 Å². The van der Waals surface area contributed by atoms with Gasteiger partial charge in [-0.05, 0) is 45.2 Å². The Balaban J connectivity index is 2.25. The highest BCUT2D eigenvalue weighted by atomic mass is 16.5. The number of likely N-dealkylation sites (tertiary alicyclic amines) is 1. The summed E-state index contributed by atoms with van der Waals surface area (Å²) in [5.41, 5.74) is 6.15. The van der Waals surface area contributed by atoms with Crippen molar-refractivity contribution in [3.05, 3.63) is 0 Å². The third-order valence-electron chi connectivity index (χ3n) is 3.50. The van der Waals surface area contributed by atoms with E-state index in [0.29, 0.717) is 0 Å². The summed E-state index contributed by atoms with van der Waals surface area (Å²) in [7, 11) is 1.79. The molecule has 1 heterocycles. The maximum Gasteiger partial charge on any atom is 0.0491 e. The molecule has 0 aromatic carbocycles. The van der Waals surface area contributed by atoms with Crippen molar-refractivity contribution in [2.75, 3.05) is 33.4 Å². The first-order valence-electron chi connectivity index (χ1n) is 6.07. The third-order valence-corrected chi connectivity index (χ3v) is 3.50. The van der Waals surface area contributed by atoms with Crippen molar-refractivity contribution in [1.29, 1.82) is 0 Å². The topological polar surface area (TPSA) is 38.5 Å². The SMILES string of the molecule is CCC(C)(N)CN1CCC(COC)CC1. The predicted octanol–water partition coefficient (Wildman–Crippen LogP) is 1.47. The molecule has 1 rings (SSSR count). The highest BCUT2D eigenvalue weighted by Gasteiger charge is 2.24. The van der Waals surface area contributed by atoms with Crippen LogP contribution in [-0.4, -0.2) is 43.8 Å². The quantitative estimate of drug-likeness (QED) is 0.753. The number of methoxy groups -OCH3 is 1. The molecule has 15 heavy (non-hydrogen) atoms. The lowest BCUT2D eigenvalue weighted by Crippen LogP contribution is -2.49. The number of hydrogen-bond donors (Lipinski definition) is 1. The molecule has 0 spiro atoms. The number of nitrogens with zero attached hydrogens (tertiary/aromatic N) is 1. The Morgan fingerprint density at radius 3 is 2.47 bits per heavy atom. The highest BCUT2D eigenvalue weighted by molar-refractivity contribution is 4.83. The molecule has 1 atom stereocenters. The standard InChI is InChI=1S/C12H26N2O/c1-4-12(2,13)10-14-7-5-11(6-8-14)9-15-3/h11H,4-10,13H2,1-3H3. The molecule has 0 aromatic rings. The summed E-state index contributed by atoms with van der Waals surface area (Å²) in [6, 6.07) is 0. The van der Waals surface area contributed by atoms with Gasteiger partial charge in [0.1, 0.15) is 0 Å². The van der Waals surface area contributed by atoms with Crippen LogP contribution in [0.2, 0.25) is 0 Å². The largest absolute Gasteiger partial charge is 0.384 e. The maximum atomic E-state index is 6.17. The molecule has 3 heteroatoms. The molecule has 90 valence electrons. The van der Waals surface area contributed by atoms with Gasteiger partial charge in [0, 0.05) is 25.8 Å². The minimum atomic E-state index is -0.0197. The summed E-state index contributed by atoms with van der Waals surface area (Å²) in [4.78, 5) is 2.50. The van der Waals surface area contributed by atoms with Crippen LogP contribution in [0.3, 0.4) is 0 Å². The molecule has 3 nitrogen and oxygen atoms in total. The highest BCUT2D eigenvalue weighted by Crippen LogP contribution is 2.19. The average molecular weight is 214 g/mol. The minimum absolute atomic E-state index is 0.0197. The number of piperidine rings is 1. The molecule has 1 unspecified atom stereocenters. The van der Waals surface area contributed by atoms with E-state index >= 15 is 0 Å². The first-order valence-corrected chi connectivity index (χ1v) is 6.07. The van der Waals surface area contributed by atoms with Gasteiger partial charge in [-0.3, -0.25) is 0 Å². The van der Waals surface area contributed by atoms with E-state index in [2.05, 4.69) is 18.7 Å². The lowest BCUT2D eigenvalue weighted by molar-refractivity contribution is 0.0899. The molecule has 0 saturated carbocycles. The monoisotopic (exact) mass is 214 g/mol. The van der Waals surface area contributed by atoms with Crippen LogP contribution in [0.4, 0.5) is 0 Å². The third kappa shape index (κ3) is 4.49. The molecule has 1 aliphatic heterocycles. The zero-order valence-corrected chi connectivity index (χ0v) is 10.5. The summed E-state index contributed by atoms with van der Waals surface area (Å²) in [5, 5.41) is 0. The number of hydrogen-bond acceptors (Lipinski definition) is 3. The fourth-order valence-corrected chi connectivity index (χ4v) is 2.17. The normalized spacial score (nSPS) is 24.0. The van der Waals surface area contributed by atoms with Crippen LogP contribution < -0.4 is 5.73 Å². The Labute approximate surface area is 94.0 Å². The summed E-state index contributed by atoms with van der Waals surface area (Å²) in [5.74, 6) is 0.761. The summed E-state index contributed by atoms with van der Waals surface area (Å²) >= 11 is 0. The van der Waals surface area contributed by atoms with Gasteiger partial charge in [0.05, 0.1) is 0 Å². The van der Waals surface area contributed by atoms with E-state index < -0.39 is 0 Å². The van der Waals surface area contributed by atoms with Crippen LogP contribution in [0, 0.1) is 5.92 Å². The zero-order chi connectivity index (χ0) is 11.3. The molecule has 1 aliphatic rings. The van der Waals surface area contributed by atoms with Gasteiger partial charge in [-0.25, -0.2) is 0 Å². The van der Waals surface area contributed by atoms with Crippen molar-refractivity contribution < 1.29 is 4.74 Å². The van der Waals surface area contributed by atoms with Crippen molar-refractivity contribution in [2.45, 2.75) is 38.6 Å². The first kappa shape index (κ1) is 12.9. The second kappa shape index (κ2) is 5.83. The Morgan fingerprint density at radius 2 is 2.00 bits per heavy atom. The van der Waals surface area contributed by atoms with Gasteiger partial charge in [0.15, 0.2) is 0 Å². The van der Waals surface area contributed by atoms with Gasteiger partial charge >= 0.3 is 0 Å². The molecular weight excluding hydrogens is 188 g/mol.